The van der Waals surface area contributed by atoms with Crippen LogP contribution in [0.15, 0.2) is 18.2 Å². The number of rotatable bonds is 4. The van der Waals surface area contributed by atoms with Crippen molar-refractivity contribution in [2.24, 2.45) is 11.8 Å². The van der Waals surface area contributed by atoms with Crippen molar-refractivity contribution in [2.45, 2.75) is 70.4 Å². The summed E-state index contributed by atoms with van der Waals surface area (Å²) in [7, 11) is 0. The molecular formula is C21H27F3N2O2. The van der Waals surface area contributed by atoms with Crippen LogP contribution >= 0.6 is 0 Å². The Hall–Kier alpha value is -2.05. The molecule has 0 aliphatic heterocycles. The number of carbonyl (C=O) groups excluding carboxylic acids is 2. The average Bonchev–Trinajstić information content (AvgIpc) is 2.68. The first kappa shape index (κ1) is 20.7. The monoisotopic (exact) mass is 396 g/mol. The van der Waals surface area contributed by atoms with Gasteiger partial charge in [0.1, 0.15) is 0 Å². The summed E-state index contributed by atoms with van der Waals surface area (Å²) in [5, 5.41) is 5.25. The van der Waals surface area contributed by atoms with Crippen molar-refractivity contribution in [3.63, 3.8) is 0 Å². The smallest absolute Gasteiger partial charge is 0.326 e. The Bertz CT molecular complexity index is 656. The van der Waals surface area contributed by atoms with Gasteiger partial charge in [0.2, 0.25) is 11.8 Å². The second-order valence-electron chi connectivity index (χ2n) is 7.95. The molecule has 1 aromatic rings. The highest BCUT2D eigenvalue weighted by atomic mass is 19.4. The zero-order chi connectivity index (χ0) is 20.1. The topological polar surface area (TPSA) is 58.2 Å². The molecule has 0 aromatic heterocycles. The van der Waals surface area contributed by atoms with Gasteiger partial charge < -0.3 is 10.6 Å². The summed E-state index contributed by atoms with van der Waals surface area (Å²) in [6.07, 6.45) is 4.50. The van der Waals surface area contributed by atoms with Gasteiger partial charge in [-0.25, -0.2) is 0 Å². The number of alkyl halides is 3. The first-order valence-electron chi connectivity index (χ1n) is 10.2. The molecule has 3 rings (SSSR count). The Kier molecular flexibility index (Phi) is 6.62. The molecular weight excluding hydrogens is 369 g/mol. The van der Waals surface area contributed by atoms with Crippen LogP contribution in [-0.4, -0.2) is 11.8 Å². The molecule has 2 fully saturated rings. The number of hydrogen-bond donors (Lipinski definition) is 2. The van der Waals surface area contributed by atoms with E-state index < -0.39 is 11.7 Å². The van der Waals surface area contributed by atoms with Crippen LogP contribution in [0.4, 0.5) is 24.5 Å². The lowest BCUT2D eigenvalue weighted by Crippen LogP contribution is -2.26. The third-order valence-corrected chi connectivity index (χ3v) is 5.75. The molecule has 1 aromatic carbocycles. The van der Waals surface area contributed by atoms with Crippen molar-refractivity contribution < 1.29 is 22.8 Å². The minimum absolute atomic E-state index is 0.0735. The second-order valence-corrected chi connectivity index (χ2v) is 7.95. The van der Waals surface area contributed by atoms with Gasteiger partial charge in [-0.3, -0.25) is 9.59 Å². The average molecular weight is 396 g/mol. The highest BCUT2D eigenvalue weighted by Crippen LogP contribution is 2.34. The lowest BCUT2D eigenvalue weighted by atomic mass is 9.88. The van der Waals surface area contributed by atoms with Crippen molar-refractivity contribution in [3.8, 4) is 0 Å². The van der Waals surface area contributed by atoms with Crippen LogP contribution in [-0.2, 0) is 15.8 Å². The maximum atomic E-state index is 13.3. The van der Waals surface area contributed by atoms with Crippen LogP contribution in [0.5, 0.6) is 0 Å². The Labute approximate surface area is 163 Å². The number of amides is 2. The lowest BCUT2D eigenvalue weighted by molar-refractivity contribution is -0.137. The number of benzene rings is 1. The summed E-state index contributed by atoms with van der Waals surface area (Å²) in [6, 6.07) is 3.27. The predicted molar refractivity (Wildman–Crippen MR) is 102 cm³/mol. The van der Waals surface area contributed by atoms with Gasteiger partial charge in [-0.1, -0.05) is 38.5 Å². The fourth-order valence-electron chi connectivity index (χ4n) is 4.15. The molecule has 0 heterocycles. The minimum Gasteiger partial charge on any atom is -0.326 e. The summed E-state index contributed by atoms with van der Waals surface area (Å²) in [5.74, 6) is -0.820. The standard InChI is InChI=1S/C21H27F3N2O2/c22-21(23,24)16-11-17(25-19(27)14-7-3-1-4-8-14)13-18(12-16)26-20(28)15-9-5-2-6-10-15/h11-15H,1-10H2,(H,25,27)(H,26,28). The van der Waals surface area contributed by atoms with E-state index in [1.807, 2.05) is 0 Å². The summed E-state index contributed by atoms with van der Waals surface area (Å²) < 4.78 is 39.9. The molecule has 4 nitrogen and oxygen atoms in total. The van der Waals surface area contributed by atoms with Gasteiger partial charge in [0.25, 0.3) is 0 Å². The maximum absolute atomic E-state index is 13.3. The Morgan fingerprint density at radius 1 is 0.714 bits per heavy atom. The number of anilines is 2. The Balaban J connectivity index is 1.76. The molecule has 28 heavy (non-hydrogen) atoms. The zero-order valence-corrected chi connectivity index (χ0v) is 15.9. The first-order chi connectivity index (χ1) is 13.3. The molecule has 154 valence electrons. The number of nitrogens with one attached hydrogen (secondary N) is 2. The summed E-state index contributed by atoms with van der Waals surface area (Å²) >= 11 is 0. The van der Waals surface area contributed by atoms with Gasteiger partial charge in [0, 0.05) is 23.2 Å². The SMILES string of the molecule is O=C(Nc1cc(NC(=O)C2CCCCC2)cc(C(F)(F)F)c1)C1CCCCC1. The van der Waals surface area contributed by atoms with Gasteiger partial charge in [-0.15, -0.1) is 0 Å². The number of carbonyl (C=O) groups is 2. The normalized spacial score (nSPS) is 19.2. The van der Waals surface area contributed by atoms with Crippen molar-refractivity contribution in [2.75, 3.05) is 10.6 Å². The largest absolute Gasteiger partial charge is 0.416 e. The highest BCUT2D eigenvalue weighted by molar-refractivity contribution is 5.96. The van der Waals surface area contributed by atoms with E-state index in [2.05, 4.69) is 10.6 Å². The van der Waals surface area contributed by atoms with Crippen molar-refractivity contribution in [1.82, 2.24) is 0 Å². The van der Waals surface area contributed by atoms with E-state index in [0.717, 1.165) is 76.3 Å². The fraction of sp³-hybridized carbons (Fsp3) is 0.619. The highest BCUT2D eigenvalue weighted by Gasteiger charge is 2.32. The van der Waals surface area contributed by atoms with Gasteiger partial charge in [-0.2, -0.15) is 13.2 Å². The van der Waals surface area contributed by atoms with E-state index in [1.54, 1.807) is 0 Å². The molecule has 7 heteroatoms. The van der Waals surface area contributed by atoms with Crippen molar-refractivity contribution >= 4 is 23.2 Å². The van der Waals surface area contributed by atoms with Gasteiger partial charge >= 0.3 is 6.18 Å². The molecule has 2 saturated carbocycles. The van der Waals surface area contributed by atoms with Gasteiger partial charge in [0.15, 0.2) is 0 Å². The molecule has 0 bridgehead atoms. The maximum Gasteiger partial charge on any atom is 0.416 e. The van der Waals surface area contributed by atoms with Crippen LogP contribution in [0.25, 0.3) is 0 Å². The van der Waals surface area contributed by atoms with Crippen molar-refractivity contribution in [3.05, 3.63) is 23.8 Å². The molecule has 0 spiro atoms. The van der Waals surface area contributed by atoms with E-state index >= 15 is 0 Å². The Morgan fingerprint density at radius 2 is 1.11 bits per heavy atom. The van der Waals surface area contributed by atoms with Gasteiger partial charge in [0.05, 0.1) is 5.56 Å². The third-order valence-electron chi connectivity index (χ3n) is 5.75. The molecule has 0 saturated heterocycles. The summed E-state index contributed by atoms with van der Waals surface area (Å²) in [4.78, 5) is 24.9. The molecule has 0 atom stereocenters. The van der Waals surface area contributed by atoms with E-state index in [1.165, 1.54) is 6.07 Å². The predicted octanol–water partition coefficient (Wildman–Crippen LogP) is 5.74. The van der Waals surface area contributed by atoms with Crippen LogP contribution < -0.4 is 10.6 Å². The molecule has 2 aliphatic carbocycles. The lowest BCUT2D eigenvalue weighted by Gasteiger charge is -2.22. The fourth-order valence-corrected chi connectivity index (χ4v) is 4.15. The molecule has 2 amide bonds. The number of hydrogen-bond acceptors (Lipinski definition) is 2. The summed E-state index contributed by atoms with van der Waals surface area (Å²) in [5.41, 5.74) is -0.735. The summed E-state index contributed by atoms with van der Waals surface area (Å²) in [6.45, 7) is 0. The van der Waals surface area contributed by atoms with E-state index in [0.29, 0.717) is 0 Å². The minimum atomic E-state index is -4.56. The molecule has 0 radical (unpaired) electrons. The molecule has 0 unspecified atom stereocenters. The van der Waals surface area contributed by atoms with Crippen LogP contribution in [0, 0.1) is 11.8 Å². The van der Waals surface area contributed by atoms with E-state index in [4.69, 9.17) is 0 Å². The van der Waals surface area contributed by atoms with Crippen LogP contribution in [0.2, 0.25) is 0 Å². The van der Waals surface area contributed by atoms with Gasteiger partial charge in [-0.05, 0) is 43.9 Å². The number of halogens is 3. The molecule has 2 N–H and O–H groups in total. The molecule has 2 aliphatic rings. The van der Waals surface area contributed by atoms with Crippen LogP contribution in [0.1, 0.15) is 69.8 Å². The second kappa shape index (κ2) is 8.97. The van der Waals surface area contributed by atoms with Crippen molar-refractivity contribution in [1.29, 1.82) is 0 Å². The Morgan fingerprint density at radius 3 is 1.46 bits per heavy atom. The van der Waals surface area contributed by atoms with E-state index in [9.17, 15) is 22.8 Å². The third kappa shape index (κ3) is 5.49. The van der Waals surface area contributed by atoms with E-state index in [-0.39, 0.29) is 35.0 Å². The zero-order valence-electron chi connectivity index (χ0n) is 15.9. The quantitative estimate of drug-likeness (QED) is 0.681. The first-order valence-corrected chi connectivity index (χ1v) is 10.2. The van der Waals surface area contributed by atoms with Crippen LogP contribution in [0.3, 0.4) is 0 Å².